The third-order valence-corrected chi connectivity index (χ3v) is 9.19. The van der Waals surface area contributed by atoms with E-state index in [1.165, 1.54) is 17.2 Å². The van der Waals surface area contributed by atoms with Gasteiger partial charge in [-0.2, -0.15) is 0 Å². The maximum Gasteiger partial charge on any atom is 0.411 e. The van der Waals surface area contributed by atoms with E-state index in [1.54, 1.807) is 18.2 Å². The predicted molar refractivity (Wildman–Crippen MR) is 206 cm³/mol. The van der Waals surface area contributed by atoms with Crippen LogP contribution in [0.4, 0.5) is 10.5 Å². The fourth-order valence-corrected chi connectivity index (χ4v) is 6.14. The molecular formula is C44H36BrNO5. The van der Waals surface area contributed by atoms with Crippen LogP contribution in [0.3, 0.4) is 0 Å². The summed E-state index contributed by atoms with van der Waals surface area (Å²) in [6, 6.07) is 55.0. The van der Waals surface area contributed by atoms with Gasteiger partial charge in [-0.15, -0.1) is 0 Å². The first-order chi connectivity index (χ1) is 24.9. The van der Waals surface area contributed by atoms with E-state index in [-0.39, 0.29) is 12.7 Å². The number of amides is 1. The SMILES string of the molecule is BrC(c1ccccc1)c1ccccc1.Cc1cc(=O)oc2cc(NC(=O)OCc3ccc(OC(c4ccccc4)c4ccccc4)cc3)ccc12. The molecule has 51 heavy (non-hydrogen) atoms. The van der Waals surface area contributed by atoms with E-state index >= 15 is 0 Å². The van der Waals surface area contributed by atoms with Gasteiger partial charge in [-0.1, -0.05) is 149 Å². The Labute approximate surface area is 305 Å². The van der Waals surface area contributed by atoms with Crippen LogP contribution in [0.2, 0.25) is 0 Å². The average molecular weight is 739 g/mol. The highest BCUT2D eigenvalue weighted by atomic mass is 79.9. The number of anilines is 1. The number of halogens is 1. The zero-order valence-corrected chi connectivity index (χ0v) is 29.5. The Morgan fingerprint density at radius 1 is 0.667 bits per heavy atom. The van der Waals surface area contributed by atoms with Crippen LogP contribution in [-0.2, 0) is 11.3 Å². The molecule has 7 heteroatoms. The lowest BCUT2D eigenvalue weighted by Crippen LogP contribution is -2.13. The highest BCUT2D eigenvalue weighted by Crippen LogP contribution is 2.30. The molecule has 1 heterocycles. The van der Waals surface area contributed by atoms with Gasteiger partial charge in [-0.25, -0.2) is 9.59 Å². The first-order valence-electron chi connectivity index (χ1n) is 16.5. The topological polar surface area (TPSA) is 77.8 Å². The summed E-state index contributed by atoms with van der Waals surface area (Å²) in [5.74, 6) is 0.707. The van der Waals surface area contributed by atoms with Gasteiger partial charge >= 0.3 is 11.7 Å². The maximum absolute atomic E-state index is 12.3. The van der Waals surface area contributed by atoms with Gasteiger partial charge in [0.15, 0.2) is 0 Å². The number of carbonyl (C=O) groups excluding carboxylic acids is 1. The van der Waals surface area contributed by atoms with E-state index in [4.69, 9.17) is 13.9 Å². The lowest BCUT2D eigenvalue weighted by atomic mass is 10.0. The van der Waals surface area contributed by atoms with Gasteiger partial charge in [-0.05, 0) is 64.6 Å². The van der Waals surface area contributed by atoms with Gasteiger partial charge in [0.2, 0.25) is 0 Å². The molecule has 0 unspecified atom stereocenters. The summed E-state index contributed by atoms with van der Waals surface area (Å²) in [5.41, 5.74) is 6.77. The molecule has 7 aromatic rings. The Morgan fingerprint density at radius 2 is 1.18 bits per heavy atom. The number of hydrogen-bond donors (Lipinski definition) is 1. The minimum Gasteiger partial charge on any atom is -0.481 e. The van der Waals surface area contributed by atoms with E-state index < -0.39 is 11.7 Å². The Hall–Kier alpha value is -5.92. The number of carbonyl (C=O) groups is 1. The van der Waals surface area contributed by atoms with Crippen molar-refractivity contribution in [2.75, 3.05) is 5.32 Å². The molecule has 0 radical (unpaired) electrons. The summed E-state index contributed by atoms with van der Waals surface area (Å²) in [6.07, 6.45) is -0.853. The molecule has 0 saturated carbocycles. The average Bonchev–Trinajstić information content (AvgIpc) is 3.18. The molecule has 0 spiro atoms. The Morgan fingerprint density at radius 3 is 1.71 bits per heavy atom. The number of nitrogens with one attached hydrogen (secondary N) is 1. The van der Waals surface area contributed by atoms with Crippen LogP contribution in [0.5, 0.6) is 5.75 Å². The summed E-state index contributed by atoms with van der Waals surface area (Å²) in [6.45, 7) is 1.93. The number of hydrogen-bond acceptors (Lipinski definition) is 5. The van der Waals surface area contributed by atoms with Crippen molar-refractivity contribution in [2.45, 2.75) is 24.5 Å². The molecule has 7 rings (SSSR count). The molecule has 6 nitrogen and oxygen atoms in total. The van der Waals surface area contributed by atoms with Crippen molar-refractivity contribution in [3.63, 3.8) is 0 Å². The van der Waals surface area contributed by atoms with Gasteiger partial charge in [0.05, 0.1) is 4.83 Å². The Bertz CT molecular complexity index is 2130. The van der Waals surface area contributed by atoms with Crippen molar-refractivity contribution in [1.82, 2.24) is 0 Å². The summed E-state index contributed by atoms with van der Waals surface area (Å²) >= 11 is 3.69. The lowest BCUT2D eigenvalue weighted by molar-refractivity contribution is 0.155. The van der Waals surface area contributed by atoms with Crippen molar-refractivity contribution < 1.29 is 18.7 Å². The Kier molecular flexibility index (Phi) is 11.7. The second-order valence-corrected chi connectivity index (χ2v) is 12.7. The zero-order chi connectivity index (χ0) is 35.4. The highest BCUT2D eigenvalue weighted by Gasteiger charge is 2.16. The lowest BCUT2D eigenvalue weighted by Gasteiger charge is -2.20. The predicted octanol–water partition coefficient (Wildman–Crippen LogP) is 11.2. The van der Waals surface area contributed by atoms with Gasteiger partial charge < -0.3 is 13.9 Å². The monoisotopic (exact) mass is 737 g/mol. The first kappa shape index (κ1) is 34.9. The summed E-state index contributed by atoms with van der Waals surface area (Å²) < 4.78 is 16.9. The number of fused-ring (bicyclic) bond motifs is 1. The molecule has 0 fully saturated rings. The molecule has 254 valence electrons. The van der Waals surface area contributed by atoms with Gasteiger partial charge in [-0.3, -0.25) is 5.32 Å². The quantitative estimate of drug-likeness (QED) is 0.118. The summed E-state index contributed by atoms with van der Waals surface area (Å²) in [5, 5.41) is 3.48. The smallest absolute Gasteiger partial charge is 0.411 e. The van der Waals surface area contributed by atoms with Crippen LogP contribution < -0.4 is 15.7 Å². The van der Waals surface area contributed by atoms with Crippen LogP contribution in [-0.4, -0.2) is 6.09 Å². The van der Waals surface area contributed by atoms with Crippen molar-refractivity contribution in [2.24, 2.45) is 0 Å². The number of alkyl halides is 1. The normalized spacial score (nSPS) is 10.7. The third-order valence-electron chi connectivity index (χ3n) is 8.13. The minimum absolute atomic E-state index is 0.0919. The summed E-state index contributed by atoms with van der Waals surface area (Å²) in [7, 11) is 0. The first-order valence-corrected chi connectivity index (χ1v) is 17.4. The molecule has 0 aliphatic rings. The largest absolute Gasteiger partial charge is 0.481 e. The van der Waals surface area contributed by atoms with E-state index in [2.05, 4.69) is 69.8 Å². The minimum atomic E-state index is -0.608. The number of aryl methyl sites for hydroxylation is 1. The van der Waals surface area contributed by atoms with Gasteiger partial charge in [0.25, 0.3) is 0 Å². The molecule has 0 aliphatic carbocycles. The van der Waals surface area contributed by atoms with Crippen molar-refractivity contribution >= 4 is 38.7 Å². The number of rotatable bonds is 9. The zero-order valence-electron chi connectivity index (χ0n) is 27.9. The molecule has 1 amide bonds. The standard InChI is InChI=1S/C31H25NO5.C13H11Br/c1-21-18-29(33)37-28-19-25(14-17-27(21)28)32-31(34)35-20-22-12-15-26(16-13-22)36-30(23-8-4-2-5-9-23)24-10-6-3-7-11-24;14-13(11-7-3-1-4-8-11)12-9-5-2-6-10-12/h2-19,30H,20H2,1H3,(H,32,34);1-10,13H. The molecule has 0 saturated heterocycles. The molecule has 6 aromatic carbocycles. The molecule has 0 atom stereocenters. The van der Waals surface area contributed by atoms with Crippen molar-refractivity contribution in [3.05, 3.63) is 214 Å². The van der Waals surface area contributed by atoms with Gasteiger partial charge in [0.1, 0.15) is 24.0 Å². The second kappa shape index (κ2) is 17.1. The van der Waals surface area contributed by atoms with Crippen LogP contribution in [0, 0.1) is 6.92 Å². The fraction of sp³-hybridized carbons (Fsp3) is 0.0909. The molecule has 0 aliphatic heterocycles. The van der Waals surface area contributed by atoms with Crippen LogP contribution >= 0.6 is 15.9 Å². The van der Waals surface area contributed by atoms with Gasteiger partial charge in [0, 0.05) is 23.2 Å². The van der Waals surface area contributed by atoms with Crippen LogP contribution in [0.25, 0.3) is 11.0 Å². The summed E-state index contributed by atoms with van der Waals surface area (Å²) in [4.78, 5) is 24.3. The molecular weight excluding hydrogens is 702 g/mol. The van der Waals surface area contributed by atoms with Crippen LogP contribution in [0.15, 0.2) is 179 Å². The second-order valence-electron chi connectivity index (χ2n) is 11.8. The molecule has 1 aromatic heterocycles. The molecule has 0 bridgehead atoms. The molecule has 1 N–H and O–H groups in total. The van der Waals surface area contributed by atoms with E-state index in [0.717, 1.165) is 27.6 Å². The number of ether oxygens (including phenoxy) is 2. The number of benzene rings is 6. The maximum atomic E-state index is 12.3. The highest BCUT2D eigenvalue weighted by molar-refractivity contribution is 9.09. The van der Waals surface area contributed by atoms with E-state index in [0.29, 0.717) is 21.8 Å². The fourth-order valence-electron chi connectivity index (χ4n) is 5.53. The Balaban J connectivity index is 0.000000267. The third kappa shape index (κ3) is 9.62. The van der Waals surface area contributed by atoms with Crippen LogP contribution in [0.1, 0.15) is 44.3 Å². The van der Waals surface area contributed by atoms with E-state index in [1.807, 2.05) is 104 Å². The van der Waals surface area contributed by atoms with E-state index in [9.17, 15) is 9.59 Å². The van der Waals surface area contributed by atoms with Crippen molar-refractivity contribution in [1.29, 1.82) is 0 Å². The van der Waals surface area contributed by atoms with Crippen molar-refractivity contribution in [3.8, 4) is 5.75 Å².